The van der Waals surface area contributed by atoms with Crippen LogP contribution in [0.4, 0.5) is 18.2 Å². The molecule has 13 heteroatoms. The molecule has 2 rings (SSSR count). The molecule has 0 saturated heterocycles. The minimum Gasteiger partial charge on any atom is -0.619 e. The SMILES string of the molecule is CCN(C(=O)C(C)CS(=O)(=O)CC(F)(F)F)c1sc(-c2ccc[n+]([O-])c2)nc1Cl. The molecule has 0 aliphatic rings. The van der Waals surface area contributed by atoms with E-state index in [0.29, 0.717) is 15.3 Å². The molecule has 29 heavy (non-hydrogen) atoms. The minimum atomic E-state index is -4.88. The van der Waals surface area contributed by atoms with Crippen LogP contribution in [-0.2, 0) is 14.6 Å². The van der Waals surface area contributed by atoms with Gasteiger partial charge in [-0.15, -0.1) is 0 Å². The van der Waals surface area contributed by atoms with Crippen LogP contribution in [-0.4, -0.2) is 43.5 Å². The van der Waals surface area contributed by atoms with Gasteiger partial charge in [0.05, 0.1) is 11.3 Å². The van der Waals surface area contributed by atoms with Crippen molar-refractivity contribution in [2.75, 3.05) is 23.0 Å². The van der Waals surface area contributed by atoms with E-state index in [4.69, 9.17) is 11.6 Å². The second kappa shape index (κ2) is 8.84. The molecule has 0 spiro atoms. The Morgan fingerprint density at radius 3 is 2.66 bits per heavy atom. The molecule has 0 aromatic carbocycles. The van der Waals surface area contributed by atoms with E-state index in [1.807, 2.05) is 0 Å². The van der Waals surface area contributed by atoms with Crippen LogP contribution in [0.3, 0.4) is 0 Å². The van der Waals surface area contributed by atoms with Gasteiger partial charge in [0.15, 0.2) is 27.4 Å². The first-order valence-corrected chi connectivity index (χ1v) is 11.3. The third-order valence-electron chi connectivity index (χ3n) is 3.73. The molecule has 2 aromatic rings. The van der Waals surface area contributed by atoms with Gasteiger partial charge in [-0.3, -0.25) is 4.79 Å². The van der Waals surface area contributed by atoms with Gasteiger partial charge in [-0.2, -0.15) is 17.9 Å². The monoisotopic (exact) mass is 471 g/mol. The highest BCUT2D eigenvalue weighted by molar-refractivity contribution is 7.91. The highest BCUT2D eigenvalue weighted by atomic mass is 35.5. The highest BCUT2D eigenvalue weighted by Crippen LogP contribution is 2.38. The van der Waals surface area contributed by atoms with Crippen molar-refractivity contribution in [1.29, 1.82) is 0 Å². The van der Waals surface area contributed by atoms with E-state index in [-0.39, 0.29) is 16.7 Å². The van der Waals surface area contributed by atoms with Crippen molar-refractivity contribution in [3.63, 3.8) is 0 Å². The molecule has 0 aliphatic carbocycles. The maximum absolute atomic E-state index is 12.7. The van der Waals surface area contributed by atoms with Gasteiger partial charge in [0.25, 0.3) is 0 Å². The number of hydrogen-bond donors (Lipinski definition) is 0. The fraction of sp³-hybridized carbons (Fsp3) is 0.438. The van der Waals surface area contributed by atoms with Crippen LogP contribution >= 0.6 is 22.9 Å². The van der Waals surface area contributed by atoms with Gasteiger partial charge in [0.1, 0.15) is 15.8 Å². The smallest absolute Gasteiger partial charge is 0.402 e. The topological polar surface area (TPSA) is 94.3 Å². The number of hydrogen-bond acceptors (Lipinski definition) is 6. The van der Waals surface area contributed by atoms with Crippen LogP contribution < -0.4 is 9.63 Å². The van der Waals surface area contributed by atoms with E-state index in [9.17, 15) is 31.6 Å². The number of nitrogens with zero attached hydrogens (tertiary/aromatic N) is 3. The number of rotatable bonds is 7. The van der Waals surface area contributed by atoms with E-state index in [1.54, 1.807) is 13.0 Å². The Balaban J connectivity index is 2.25. The summed E-state index contributed by atoms with van der Waals surface area (Å²) in [7, 11) is -4.52. The molecule has 2 heterocycles. The zero-order valence-corrected chi connectivity index (χ0v) is 17.7. The van der Waals surface area contributed by atoms with Crippen molar-refractivity contribution in [2.45, 2.75) is 20.0 Å². The number of sulfone groups is 1. The van der Waals surface area contributed by atoms with Crippen molar-refractivity contribution >= 4 is 43.7 Å². The molecule has 2 aromatic heterocycles. The lowest BCUT2D eigenvalue weighted by Crippen LogP contribution is -2.38. The Hall–Kier alpha value is -1.92. The number of aromatic nitrogens is 2. The number of amides is 1. The number of alkyl halides is 3. The maximum atomic E-state index is 12.7. The third-order valence-corrected chi connectivity index (χ3v) is 7.01. The van der Waals surface area contributed by atoms with Crippen LogP contribution in [0.2, 0.25) is 5.15 Å². The molecule has 0 aliphatic heterocycles. The number of halogens is 4. The molecule has 1 unspecified atom stereocenters. The number of carbonyl (C=O) groups excluding carboxylic acids is 1. The van der Waals surface area contributed by atoms with Crippen molar-refractivity contribution in [3.05, 3.63) is 34.9 Å². The summed E-state index contributed by atoms with van der Waals surface area (Å²) in [6.45, 7) is 2.95. The molecule has 0 fully saturated rings. The molecular weight excluding hydrogens is 455 g/mol. The second-order valence-electron chi connectivity index (χ2n) is 6.22. The number of carbonyl (C=O) groups is 1. The van der Waals surface area contributed by atoms with Crippen molar-refractivity contribution in [3.8, 4) is 10.6 Å². The summed E-state index contributed by atoms with van der Waals surface area (Å²) in [6, 6.07) is 3.13. The van der Waals surface area contributed by atoms with E-state index in [1.165, 1.54) is 30.3 Å². The molecular formula is C16H17ClF3N3O4S2. The van der Waals surface area contributed by atoms with E-state index < -0.39 is 39.3 Å². The summed E-state index contributed by atoms with van der Waals surface area (Å²) in [5.74, 6) is -4.84. The molecule has 7 nitrogen and oxygen atoms in total. The lowest BCUT2D eigenvalue weighted by molar-refractivity contribution is -0.604. The van der Waals surface area contributed by atoms with Gasteiger partial charge in [-0.1, -0.05) is 29.9 Å². The van der Waals surface area contributed by atoms with Crippen LogP contribution in [0.5, 0.6) is 0 Å². The van der Waals surface area contributed by atoms with Crippen LogP contribution in [0.15, 0.2) is 24.5 Å². The fourth-order valence-electron chi connectivity index (χ4n) is 2.59. The number of thiazole rings is 1. The van der Waals surface area contributed by atoms with E-state index in [2.05, 4.69) is 4.98 Å². The predicted molar refractivity (Wildman–Crippen MR) is 103 cm³/mol. The van der Waals surface area contributed by atoms with Gasteiger partial charge >= 0.3 is 6.18 Å². The Morgan fingerprint density at radius 2 is 2.10 bits per heavy atom. The molecule has 0 radical (unpaired) electrons. The van der Waals surface area contributed by atoms with Crippen molar-refractivity contribution in [1.82, 2.24) is 4.98 Å². The fourth-order valence-corrected chi connectivity index (χ4v) is 5.48. The molecule has 1 atom stereocenters. The zero-order valence-electron chi connectivity index (χ0n) is 15.3. The summed E-state index contributed by atoms with van der Waals surface area (Å²) in [4.78, 5) is 18.0. The van der Waals surface area contributed by atoms with Crippen LogP contribution in [0.1, 0.15) is 13.8 Å². The largest absolute Gasteiger partial charge is 0.619 e. The zero-order chi connectivity index (χ0) is 22.0. The predicted octanol–water partition coefficient (Wildman–Crippen LogP) is 3.06. The van der Waals surface area contributed by atoms with Gasteiger partial charge in [-0.25, -0.2) is 13.4 Å². The molecule has 160 valence electrons. The summed E-state index contributed by atoms with van der Waals surface area (Å²) >= 11 is 7.14. The molecule has 0 bridgehead atoms. The lowest BCUT2D eigenvalue weighted by Gasteiger charge is -2.23. The molecule has 1 amide bonds. The number of anilines is 1. The summed E-state index contributed by atoms with van der Waals surface area (Å²) in [5, 5.41) is 12.0. The Morgan fingerprint density at radius 1 is 1.45 bits per heavy atom. The Bertz CT molecular complexity index is 996. The lowest BCUT2D eigenvalue weighted by atomic mass is 10.2. The Kier molecular flexibility index (Phi) is 7.12. The van der Waals surface area contributed by atoms with Gasteiger partial charge < -0.3 is 10.1 Å². The van der Waals surface area contributed by atoms with Gasteiger partial charge in [0, 0.05) is 18.5 Å². The summed E-state index contributed by atoms with van der Waals surface area (Å²) < 4.78 is 61.3. The number of pyridine rings is 1. The second-order valence-corrected chi connectivity index (χ2v) is 9.67. The molecule has 0 saturated carbocycles. The maximum Gasteiger partial charge on any atom is 0.402 e. The summed E-state index contributed by atoms with van der Waals surface area (Å²) in [6.07, 6.45) is -2.33. The normalized spacial score (nSPS) is 13.3. The van der Waals surface area contributed by atoms with Crippen molar-refractivity contribution < 1.29 is 31.1 Å². The third kappa shape index (κ3) is 6.28. The van der Waals surface area contributed by atoms with Gasteiger partial charge in [-0.05, 0) is 13.0 Å². The first-order chi connectivity index (χ1) is 13.3. The first kappa shape index (κ1) is 23.4. The van der Waals surface area contributed by atoms with Crippen LogP contribution in [0.25, 0.3) is 10.6 Å². The summed E-state index contributed by atoms with van der Waals surface area (Å²) in [5.41, 5.74) is 0.463. The quantitative estimate of drug-likeness (QED) is 0.457. The molecule has 0 N–H and O–H groups in total. The van der Waals surface area contributed by atoms with Gasteiger partial charge in [0.2, 0.25) is 5.91 Å². The van der Waals surface area contributed by atoms with Crippen LogP contribution in [0, 0.1) is 11.1 Å². The first-order valence-electron chi connectivity index (χ1n) is 8.27. The average molecular weight is 472 g/mol. The van der Waals surface area contributed by atoms with Crippen molar-refractivity contribution in [2.24, 2.45) is 5.92 Å². The highest BCUT2D eigenvalue weighted by Gasteiger charge is 2.37. The Labute approximate surface area is 174 Å². The minimum absolute atomic E-state index is 0.0353. The van der Waals surface area contributed by atoms with E-state index in [0.717, 1.165) is 11.3 Å². The van der Waals surface area contributed by atoms with E-state index >= 15 is 0 Å². The average Bonchev–Trinajstić information content (AvgIpc) is 2.94. The standard InChI is InChI=1S/C16H17ClF3N3O4S2/c1-3-23(14(24)10(2)8-29(26,27)9-16(18,19)20)15-12(17)21-13(28-15)11-5-4-6-22(25)7-11/h4-7,10H,3,8-9H2,1-2H3.